The van der Waals surface area contributed by atoms with Crippen LogP contribution in [0, 0.1) is 0 Å². The van der Waals surface area contributed by atoms with Gasteiger partial charge in [-0.2, -0.15) is 0 Å². The number of halogens is 2. The largest absolute Gasteiger partial charge is 0.379 e. The van der Waals surface area contributed by atoms with Crippen LogP contribution in [0.5, 0.6) is 0 Å². The summed E-state index contributed by atoms with van der Waals surface area (Å²) in [5.74, 6) is 0. The first-order valence-electron chi connectivity index (χ1n) is 7.64. The zero-order chi connectivity index (χ0) is 14.7. The van der Waals surface area contributed by atoms with Crippen LogP contribution in [0.2, 0.25) is 0 Å². The average molecular weight is 357 g/mol. The summed E-state index contributed by atoms with van der Waals surface area (Å²) in [6.07, 6.45) is 1.22. The highest BCUT2D eigenvalue weighted by Crippen LogP contribution is 2.31. The Morgan fingerprint density at radius 1 is 1.05 bits per heavy atom. The van der Waals surface area contributed by atoms with Gasteiger partial charge in [0.15, 0.2) is 0 Å². The van der Waals surface area contributed by atoms with Gasteiger partial charge in [0.05, 0.1) is 13.2 Å². The molecule has 116 valence electrons. The number of anilines is 1. The molecular weight excluding hydrogens is 335 g/mol. The average Bonchev–Trinajstić information content (AvgIpc) is 2.50. The molecule has 0 amide bonds. The quantitative estimate of drug-likeness (QED) is 0.827. The van der Waals surface area contributed by atoms with Crippen LogP contribution in [0.4, 0.5) is 10.1 Å². The first-order chi connectivity index (χ1) is 10.1. The molecule has 3 nitrogen and oxygen atoms in total. The van der Waals surface area contributed by atoms with Gasteiger partial charge >= 0.3 is 0 Å². The lowest BCUT2D eigenvalue weighted by Crippen LogP contribution is -2.50. The van der Waals surface area contributed by atoms with Gasteiger partial charge in [0.25, 0.3) is 0 Å². The van der Waals surface area contributed by atoms with Crippen molar-refractivity contribution in [1.29, 1.82) is 0 Å². The highest BCUT2D eigenvalue weighted by atomic mass is 79.9. The molecular formula is C16H22BrFN2O. The second-order valence-corrected chi connectivity index (χ2v) is 6.92. The molecule has 2 aliphatic rings. The Bertz CT molecular complexity index is 454. The van der Waals surface area contributed by atoms with E-state index in [1.165, 1.54) is 5.69 Å². The minimum Gasteiger partial charge on any atom is -0.379 e. The van der Waals surface area contributed by atoms with E-state index in [-0.39, 0.29) is 0 Å². The zero-order valence-corrected chi connectivity index (χ0v) is 13.8. The van der Waals surface area contributed by atoms with Gasteiger partial charge in [-0.1, -0.05) is 15.9 Å². The van der Waals surface area contributed by atoms with Gasteiger partial charge in [-0.15, -0.1) is 0 Å². The SMILES string of the molecule is FC1(CN2CCOCC2)CCN(c2ccc(Br)cc2)CC1. The molecule has 2 fully saturated rings. The first-order valence-corrected chi connectivity index (χ1v) is 8.44. The van der Waals surface area contributed by atoms with Crippen LogP contribution >= 0.6 is 15.9 Å². The maximum Gasteiger partial charge on any atom is 0.127 e. The van der Waals surface area contributed by atoms with Gasteiger partial charge < -0.3 is 9.64 Å². The molecule has 5 heteroatoms. The number of piperidine rings is 1. The van der Waals surface area contributed by atoms with Crippen LogP contribution < -0.4 is 4.90 Å². The number of rotatable bonds is 3. The van der Waals surface area contributed by atoms with Crippen molar-refractivity contribution in [3.63, 3.8) is 0 Å². The summed E-state index contributed by atoms with van der Waals surface area (Å²) < 4.78 is 21.4. The van der Waals surface area contributed by atoms with Gasteiger partial charge in [0.1, 0.15) is 5.67 Å². The monoisotopic (exact) mass is 356 g/mol. The van der Waals surface area contributed by atoms with E-state index in [0.717, 1.165) is 43.9 Å². The minimum absolute atomic E-state index is 0.560. The maximum absolute atomic E-state index is 15.0. The molecule has 0 atom stereocenters. The van der Waals surface area contributed by atoms with Crippen LogP contribution in [0.15, 0.2) is 28.7 Å². The standard InChI is InChI=1S/C16H22BrFN2O/c17-14-1-3-15(4-2-14)20-7-5-16(18,6-8-20)13-19-9-11-21-12-10-19/h1-4H,5-13H2. The number of hydrogen-bond acceptors (Lipinski definition) is 3. The number of ether oxygens (including phenoxy) is 1. The highest BCUT2D eigenvalue weighted by molar-refractivity contribution is 9.10. The number of benzene rings is 1. The van der Waals surface area contributed by atoms with Crippen molar-refractivity contribution in [2.75, 3.05) is 50.8 Å². The molecule has 21 heavy (non-hydrogen) atoms. The molecule has 1 aromatic carbocycles. The molecule has 1 aromatic rings. The molecule has 3 rings (SSSR count). The summed E-state index contributed by atoms with van der Waals surface area (Å²) >= 11 is 3.45. The van der Waals surface area contributed by atoms with Crippen LogP contribution in [0.1, 0.15) is 12.8 Å². The lowest BCUT2D eigenvalue weighted by Gasteiger charge is -2.41. The maximum atomic E-state index is 15.0. The number of hydrogen-bond donors (Lipinski definition) is 0. The van der Waals surface area contributed by atoms with E-state index in [4.69, 9.17) is 4.74 Å². The lowest BCUT2D eigenvalue weighted by molar-refractivity contribution is -0.00188. The molecule has 0 unspecified atom stereocenters. The van der Waals surface area contributed by atoms with Gasteiger partial charge in [-0.05, 0) is 24.3 Å². The molecule has 0 radical (unpaired) electrons. The van der Waals surface area contributed by atoms with E-state index in [1.807, 2.05) is 12.1 Å². The Morgan fingerprint density at radius 2 is 1.67 bits per heavy atom. The second kappa shape index (κ2) is 6.63. The fraction of sp³-hybridized carbons (Fsp3) is 0.625. The van der Waals surface area contributed by atoms with Crippen molar-refractivity contribution in [1.82, 2.24) is 4.90 Å². The van der Waals surface area contributed by atoms with E-state index in [9.17, 15) is 4.39 Å². The van der Waals surface area contributed by atoms with Crippen molar-refractivity contribution in [2.24, 2.45) is 0 Å². The minimum atomic E-state index is -1.04. The molecule has 0 saturated carbocycles. The third kappa shape index (κ3) is 3.96. The summed E-state index contributed by atoms with van der Waals surface area (Å²) in [6, 6.07) is 8.27. The number of nitrogens with zero attached hydrogens (tertiary/aromatic N) is 2. The summed E-state index contributed by atoms with van der Waals surface area (Å²) in [6.45, 7) is 5.35. The van der Waals surface area contributed by atoms with Gasteiger partial charge in [-0.25, -0.2) is 4.39 Å². The Morgan fingerprint density at radius 3 is 2.29 bits per heavy atom. The van der Waals surface area contributed by atoms with E-state index in [0.29, 0.717) is 19.4 Å². The molecule has 0 aliphatic carbocycles. The first kappa shape index (κ1) is 15.3. The molecule has 0 spiro atoms. The van der Waals surface area contributed by atoms with Crippen LogP contribution in [-0.2, 0) is 4.74 Å². The van der Waals surface area contributed by atoms with Gasteiger partial charge in [-0.3, -0.25) is 4.90 Å². The van der Waals surface area contributed by atoms with Crippen molar-refractivity contribution in [3.8, 4) is 0 Å². The van der Waals surface area contributed by atoms with Crippen molar-refractivity contribution >= 4 is 21.6 Å². The van der Waals surface area contributed by atoms with Crippen LogP contribution in [0.25, 0.3) is 0 Å². The summed E-state index contributed by atoms with van der Waals surface area (Å²) in [7, 11) is 0. The van der Waals surface area contributed by atoms with Crippen LogP contribution in [0.3, 0.4) is 0 Å². The summed E-state index contributed by atoms with van der Waals surface area (Å²) in [5, 5.41) is 0. The summed E-state index contributed by atoms with van der Waals surface area (Å²) in [4.78, 5) is 4.49. The normalized spacial score (nSPS) is 23.2. The number of morpholine rings is 1. The fourth-order valence-corrected chi connectivity index (χ4v) is 3.40. The van der Waals surface area contributed by atoms with Crippen LogP contribution in [-0.4, -0.2) is 56.5 Å². The van der Waals surface area contributed by atoms with E-state index in [2.05, 4.69) is 37.9 Å². The number of alkyl halides is 1. The van der Waals surface area contributed by atoms with E-state index >= 15 is 0 Å². The predicted octanol–water partition coefficient (Wildman–Crippen LogP) is 3.09. The molecule has 2 heterocycles. The third-order valence-electron chi connectivity index (χ3n) is 4.46. The van der Waals surface area contributed by atoms with Crippen molar-refractivity contribution in [3.05, 3.63) is 28.7 Å². The Hall–Kier alpha value is -0.650. The summed E-state index contributed by atoms with van der Waals surface area (Å²) in [5.41, 5.74) is 0.148. The molecule has 0 bridgehead atoms. The van der Waals surface area contributed by atoms with Gasteiger partial charge in [0, 0.05) is 55.7 Å². The third-order valence-corrected chi connectivity index (χ3v) is 4.99. The smallest absolute Gasteiger partial charge is 0.127 e. The Labute approximate surface area is 134 Å². The molecule has 0 aromatic heterocycles. The topological polar surface area (TPSA) is 15.7 Å². The van der Waals surface area contributed by atoms with Crippen molar-refractivity contribution in [2.45, 2.75) is 18.5 Å². The van der Waals surface area contributed by atoms with E-state index < -0.39 is 5.67 Å². The van der Waals surface area contributed by atoms with E-state index in [1.54, 1.807) is 0 Å². The van der Waals surface area contributed by atoms with Crippen molar-refractivity contribution < 1.29 is 9.13 Å². The fourth-order valence-electron chi connectivity index (χ4n) is 3.14. The predicted molar refractivity (Wildman–Crippen MR) is 86.7 cm³/mol. The Balaban J connectivity index is 1.54. The molecule has 0 N–H and O–H groups in total. The highest BCUT2D eigenvalue weighted by Gasteiger charge is 2.36. The zero-order valence-electron chi connectivity index (χ0n) is 12.2. The molecule has 2 aliphatic heterocycles. The second-order valence-electron chi connectivity index (χ2n) is 6.00. The Kier molecular flexibility index (Phi) is 4.82. The lowest BCUT2D eigenvalue weighted by atomic mass is 9.92. The van der Waals surface area contributed by atoms with Gasteiger partial charge in [0.2, 0.25) is 0 Å². The molecule has 2 saturated heterocycles.